The molecule has 0 aliphatic rings. The molecule has 0 unspecified atom stereocenters. The van der Waals surface area contributed by atoms with Crippen molar-refractivity contribution in [2.45, 2.75) is 13.0 Å². The molecule has 0 atom stereocenters. The van der Waals surface area contributed by atoms with E-state index in [4.69, 9.17) is 16.3 Å². The minimum absolute atomic E-state index is 0.0982. The summed E-state index contributed by atoms with van der Waals surface area (Å²) in [5.41, 5.74) is 2.23. The summed E-state index contributed by atoms with van der Waals surface area (Å²) in [5, 5.41) is 3.25. The maximum absolute atomic E-state index is 12.8. The second-order valence-corrected chi connectivity index (χ2v) is 6.35. The van der Waals surface area contributed by atoms with Crippen LogP contribution in [0.4, 0.5) is 4.39 Å². The Morgan fingerprint density at radius 2 is 1.92 bits per heavy atom. The Morgan fingerprint density at radius 3 is 2.67 bits per heavy atom. The summed E-state index contributed by atoms with van der Waals surface area (Å²) in [4.78, 5) is 16.3. The van der Waals surface area contributed by atoms with E-state index in [1.165, 1.54) is 23.5 Å². The number of benzene rings is 2. The molecule has 0 radical (unpaired) electrons. The van der Waals surface area contributed by atoms with Gasteiger partial charge in [-0.25, -0.2) is 9.37 Å². The van der Waals surface area contributed by atoms with Crippen molar-refractivity contribution in [2.75, 3.05) is 0 Å². The summed E-state index contributed by atoms with van der Waals surface area (Å²) >= 11 is 7.60. The van der Waals surface area contributed by atoms with Gasteiger partial charge in [0.15, 0.2) is 0 Å². The van der Waals surface area contributed by atoms with Crippen LogP contribution in [0.2, 0.25) is 5.02 Å². The summed E-state index contributed by atoms with van der Waals surface area (Å²) < 4.78 is 18.1. The molecule has 0 saturated carbocycles. The fourth-order valence-corrected chi connectivity index (χ4v) is 3.23. The van der Waals surface area contributed by atoms with Crippen molar-refractivity contribution >= 4 is 28.9 Å². The molecule has 3 aromatic rings. The molecule has 1 aromatic heterocycles. The van der Waals surface area contributed by atoms with Gasteiger partial charge in [0.05, 0.1) is 17.1 Å². The van der Waals surface area contributed by atoms with Crippen molar-refractivity contribution < 1.29 is 13.9 Å². The van der Waals surface area contributed by atoms with Gasteiger partial charge in [-0.05, 0) is 23.8 Å². The molecule has 0 amide bonds. The maximum Gasteiger partial charge on any atom is 0.310 e. The van der Waals surface area contributed by atoms with Gasteiger partial charge in [0.2, 0.25) is 0 Å². The van der Waals surface area contributed by atoms with Crippen LogP contribution in [0.3, 0.4) is 0 Å². The first-order chi connectivity index (χ1) is 11.6. The highest BCUT2D eigenvalue weighted by molar-refractivity contribution is 7.13. The molecule has 122 valence electrons. The number of hydrogen-bond donors (Lipinski definition) is 0. The van der Waals surface area contributed by atoms with E-state index in [0.29, 0.717) is 16.3 Å². The van der Waals surface area contributed by atoms with Crippen LogP contribution in [0.1, 0.15) is 11.3 Å². The number of carbonyl (C=O) groups excluding carboxylic acids is 1. The van der Waals surface area contributed by atoms with E-state index in [1.54, 1.807) is 18.2 Å². The summed E-state index contributed by atoms with van der Waals surface area (Å²) in [6, 6.07) is 13.2. The van der Waals surface area contributed by atoms with Gasteiger partial charge in [-0.2, -0.15) is 0 Å². The highest BCUT2D eigenvalue weighted by Crippen LogP contribution is 2.30. The second-order valence-electron chi connectivity index (χ2n) is 5.09. The van der Waals surface area contributed by atoms with E-state index < -0.39 is 0 Å². The van der Waals surface area contributed by atoms with Gasteiger partial charge in [-0.3, -0.25) is 4.79 Å². The predicted octanol–water partition coefficient (Wildman–Crippen LogP) is 4.89. The number of thiazole rings is 1. The van der Waals surface area contributed by atoms with Crippen LogP contribution in [-0.2, 0) is 22.6 Å². The molecule has 0 fully saturated rings. The van der Waals surface area contributed by atoms with Gasteiger partial charge in [-0.15, -0.1) is 11.3 Å². The van der Waals surface area contributed by atoms with Crippen molar-refractivity contribution in [2.24, 2.45) is 0 Å². The molecule has 24 heavy (non-hydrogen) atoms. The third kappa shape index (κ3) is 4.19. The van der Waals surface area contributed by atoms with Crippen LogP contribution in [0.25, 0.3) is 10.6 Å². The number of carbonyl (C=O) groups is 1. The average Bonchev–Trinajstić information content (AvgIpc) is 3.04. The summed E-state index contributed by atoms with van der Waals surface area (Å²) in [6.07, 6.45) is 0.0990. The van der Waals surface area contributed by atoms with Gasteiger partial charge in [0.1, 0.15) is 17.4 Å². The molecular formula is C18H13ClFNO2S. The Labute approximate surface area is 147 Å². The SMILES string of the molecule is O=C(Cc1ccc(F)cc1)OCc1csc(-c2ccccc2Cl)n1. The lowest BCUT2D eigenvalue weighted by Gasteiger charge is -2.03. The molecule has 3 rings (SSSR count). The highest BCUT2D eigenvalue weighted by atomic mass is 35.5. The average molecular weight is 362 g/mol. The summed E-state index contributed by atoms with van der Waals surface area (Å²) in [5.74, 6) is -0.712. The zero-order valence-electron chi connectivity index (χ0n) is 12.5. The standard InChI is InChI=1S/C18H13ClFNO2S/c19-16-4-2-1-3-15(16)18-21-14(11-24-18)10-23-17(22)9-12-5-7-13(20)8-6-12/h1-8,11H,9-10H2. The zero-order chi connectivity index (χ0) is 16.9. The molecule has 6 heteroatoms. The van der Waals surface area contributed by atoms with Crippen molar-refractivity contribution in [3.05, 3.63) is 76.0 Å². The Hall–Kier alpha value is -2.24. The monoisotopic (exact) mass is 361 g/mol. The molecule has 0 spiro atoms. The first kappa shape index (κ1) is 16.6. The van der Waals surface area contributed by atoms with Crippen LogP contribution < -0.4 is 0 Å². The van der Waals surface area contributed by atoms with Crippen molar-refractivity contribution in [3.63, 3.8) is 0 Å². The smallest absolute Gasteiger partial charge is 0.310 e. The number of ether oxygens (including phenoxy) is 1. The quantitative estimate of drug-likeness (QED) is 0.607. The van der Waals surface area contributed by atoms with E-state index in [2.05, 4.69) is 4.98 Å². The molecule has 0 saturated heterocycles. The molecule has 3 nitrogen and oxygen atoms in total. The zero-order valence-corrected chi connectivity index (χ0v) is 14.1. The van der Waals surface area contributed by atoms with E-state index in [-0.39, 0.29) is 24.8 Å². The predicted molar refractivity (Wildman–Crippen MR) is 92.5 cm³/mol. The van der Waals surface area contributed by atoms with Crippen LogP contribution in [-0.4, -0.2) is 11.0 Å². The number of nitrogens with zero attached hydrogens (tertiary/aromatic N) is 1. The Kier molecular flexibility index (Phi) is 5.23. The fraction of sp³-hybridized carbons (Fsp3) is 0.111. The third-order valence-corrected chi connectivity index (χ3v) is 4.55. The molecule has 0 bridgehead atoms. The van der Waals surface area contributed by atoms with Gasteiger partial charge in [-0.1, -0.05) is 41.9 Å². The summed E-state index contributed by atoms with van der Waals surface area (Å²) in [7, 11) is 0. The largest absolute Gasteiger partial charge is 0.459 e. The first-order valence-electron chi connectivity index (χ1n) is 7.21. The first-order valence-corrected chi connectivity index (χ1v) is 8.47. The normalized spacial score (nSPS) is 10.6. The number of rotatable bonds is 5. The Morgan fingerprint density at radius 1 is 1.17 bits per heavy atom. The van der Waals surface area contributed by atoms with Gasteiger partial charge >= 0.3 is 5.97 Å². The number of hydrogen-bond acceptors (Lipinski definition) is 4. The van der Waals surface area contributed by atoms with Crippen molar-refractivity contribution in [1.29, 1.82) is 0 Å². The Balaban J connectivity index is 1.58. The van der Waals surface area contributed by atoms with E-state index in [1.807, 2.05) is 23.6 Å². The molecular weight excluding hydrogens is 349 g/mol. The van der Waals surface area contributed by atoms with Crippen LogP contribution in [0.5, 0.6) is 0 Å². The topological polar surface area (TPSA) is 39.2 Å². The lowest BCUT2D eigenvalue weighted by molar-refractivity contribution is -0.144. The van der Waals surface area contributed by atoms with Crippen LogP contribution in [0, 0.1) is 5.82 Å². The molecule has 1 heterocycles. The molecule has 0 N–H and O–H groups in total. The van der Waals surface area contributed by atoms with Gasteiger partial charge in [0.25, 0.3) is 0 Å². The van der Waals surface area contributed by atoms with Crippen LogP contribution in [0.15, 0.2) is 53.9 Å². The molecule has 0 aliphatic heterocycles. The van der Waals surface area contributed by atoms with Crippen molar-refractivity contribution in [3.8, 4) is 10.6 Å². The number of halogens is 2. The van der Waals surface area contributed by atoms with E-state index in [0.717, 1.165) is 10.6 Å². The molecule has 0 aliphatic carbocycles. The number of aromatic nitrogens is 1. The highest BCUT2D eigenvalue weighted by Gasteiger charge is 2.10. The maximum atomic E-state index is 12.8. The lowest BCUT2D eigenvalue weighted by Crippen LogP contribution is -2.08. The van der Waals surface area contributed by atoms with E-state index >= 15 is 0 Å². The summed E-state index contributed by atoms with van der Waals surface area (Å²) in [6.45, 7) is 0.0982. The van der Waals surface area contributed by atoms with Crippen molar-refractivity contribution in [1.82, 2.24) is 4.98 Å². The second kappa shape index (κ2) is 7.55. The minimum Gasteiger partial charge on any atom is -0.459 e. The number of esters is 1. The fourth-order valence-electron chi connectivity index (χ4n) is 2.11. The van der Waals surface area contributed by atoms with Gasteiger partial charge in [0, 0.05) is 10.9 Å². The van der Waals surface area contributed by atoms with E-state index in [9.17, 15) is 9.18 Å². The van der Waals surface area contributed by atoms with Crippen LogP contribution >= 0.6 is 22.9 Å². The minimum atomic E-state index is -0.381. The third-order valence-electron chi connectivity index (χ3n) is 3.30. The Bertz CT molecular complexity index is 848. The lowest BCUT2D eigenvalue weighted by atomic mass is 10.1. The van der Waals surface area contributed by atoms with Gasteiger partial charge < -0.3 is 4.74 Å². The molecule has 2 aromatic carbocycles.